The number of aromatic nitrogens is 1. The lowest BCUT2D eigenvalue weighted by Gasteiger charge is -2.09. The van der Waals surface area contributed by atoms with Crippen molar-refractivity contribution in [3.63, 3.8) is 0 Å². The summed E-state index contributed by atoms with van der Waals surface area (Å²) in [5, 5.41) is 12.1. The molecule has 1 aromatic heterocycles. The molecule has 2 aromatic rings. The van der Waals surface area contributed by atoms with Gasteiger partial charge in [-0.15, -0.1) is 0 Å². The Balaban J connectivity index is 2.26. The van der Waals surface area contributed by atoms with E-state index in [9.17, 15) is 0 Å². The molecule has 0 aliphatic carbocycles. The van der Waals surface area contributed by atoms with Gasteiger partial charge in [-0.3, -0.25) is 0 Å². The van der Waals surface area contributed by atoms with Gasteiger partial charge in [-0.2, -0.15) is 5.26 Å². The van der Waals surface area contributed by atoms with E-state index in [-0.39, 0.29) is 5.15 Å². The monoisotopic (exact) mass is 337 g/mol. The molecule has 1 aromatic carbocycles. The van der Waals surface area contributed by atoms with Crippen LogP contribution >= 0.6 is 27.5 Å². The Labute approximate surface area is 124 Å². The summed E-state index contributed by atoms with van der Waals surface area (Å²) in [6, 6.07) is 10.8. The summed E-state index contributed by atoms with van der Waals surface area (Å²) < 4.78 is 6.07. The van der Waals surface area contributed by atoms with Crippen LogP contribution in [-0.4, -0.2) is 12.1 Å². The second-order valence-electron chi connectivity index (χ2n) is 3.62. The fraction of sp³-hybridized carbons (Fsp3) is 0.0769. The van der Waals surface area contributed by atoms with Crippen molar-refractivity contribution in [3.05, 3.63) is 45.5 Å². The van der Waals surface area contributed by atoms with E-state index in [4.69, 9.17) is 21.6 Å². The van der Waals surface area contributed by atoms with E-state index in [2.05, 4.69) is 26.2 Å². The standard InChI is InChI=1S/C13H9BrClN3O/c1-19-11-6-9(3-4-10(11)14)17-12-5-2-8(7-16)13(15)18-12/h2-6H,1H3,(H,17,18). The van der Waals surface area contributed by atoms with Crippen molar-refractivity contribution in [3.8, 4) is 11.8 Å². The van der Waals surface area contributed by atoms with Crippen LogP contribution in [0.5, 0.6) is 5.75 Å². The Hall–Kier alpha value is -1.77. The number of halogens is 2. The molecule has 0 saturated heterocycles. The summed E-state index contributed by atoms with van der Waals surface area (Å²) in [4.78, 5) is 4.10. The van der Waals surface area contributed by atoms with Crippen LogP contribution in [-0.2, 0) is 0 Å². The summed E-state index contributed by atoms with van der Waals surface area (Å²) in [5.41, 5.74) is 1.16. The Kier molecular flexibility index (Phi) is 4.25. The number of anilines is 2. The van der Waals surface area contributed by atoms with E-state index in [1.807, 2.05) is 24.3 Å². The Morgan fingerprint density at radius 2 is 2.16 bits per heavy atom. The number of nitrogens with one attached hydrogen (secondary N) is 1. The zero-order valence-corrected chi connectivity index (χ0v) is 12.3. The summed E-state index contributed by atoms with van der Waals surface area (Å²) in [6.45, 7) is 0. The van der Waals surface area contributed by atoms with Gasteiger partial charge < -0.3 is 10.1 Å². The number of methoxy groups -OCH3 is 1. The van der Waals surface area contributed by atoms with Gasteiger partial charge in [0.05, 0.1) is 17.1 Å². The maximum atomic E-state index is 8.78. The van der Waals surface area contributed by atoms with Crippen molar-refractivity contribution in [2.24, 2.45) is 0 Å². The van der Waals surface area contributed by atoms with Gasteiger partial charge >= 0.3 is 0 Å². The molecule has 0 fully saturated rings. The Bertz CT molecular complexity index is 646. The van der Waals surface area contributed by atoms with Gasteiger partial charge in [0.25, 0.3) is 0 Å². The molecule has 0 bridgehead atoms. The largest absolute Gasteiger partial charge is 0.495 e. The lowest BCUT2D eigenvalue weighted by Crippen LogP contribution is -1.95. The first-order valence-electron chi connectivity index (χ1n) is 5.31. The van der Waals surface area contributed by atoms with Crippen molar-refractivity contribution in [2.75, 3.05) is 12.4 Å². The number of rotatable bonds is 3. The van der Waals surface area contributed by atoms with Gasteiger partial charge in [-0.05, 0) is 40.2 Å². The third kappa shape index (κ3) is 3.16. The van der Waals surface area contributed by atoms with E-state index < -0.39 is 0 Å². The molecule has 6 heteroatoms. The first kappa shape index (κ1) is 13.7. The Morgan fingerprint density at radius 1 is 1.37 bits per heavy atom. The molecular weight excluding hydrogens is 330 g/mol. The molecule has 0 aliphatic rings. The zero-order chi connectivity index (χ0) is 13.8. The molecule has 96 valence electrons. The molecule has 1 heterocycles. The van der Waals surface area contributed by atoms with Gasteiger partial charge in [-0.1, -0.05) is 11.6 Å². The third-order valence-corrected chi connectivity index (χ3v) is 3.34. The normalized spacial score (nSPS) is 9.79. The number of ether oxygens (including phenoxy) is 1. The minimum atomic E-state index is 0.177. The predicted octanol–water partition coefficient (Wildman–Crippen LogP) is 4.12. The van der Waals surface area contributed by atoms with Crippen LogP contribution in [0.1, 0.15) is 5.56 Å². The van der Waals surface area contributed by atoms with Crippen LogP contribution < -0.4 is 10.1 Å². The first-order chi connectivity index (χ1) is 9.13. The topological polar surface area (TPSA) is 57.9 Å². The van der Waals surface area contributed by atoms with Crippen molar-refractivity contribution in [1.29, 1.82) is 5.26 Å². The van der Waals surface area contributed by atoms with Gasteiger partial charge in [-0.25, -0.2) is 4.98 Å². The highest BCUT2D eigenvalue weighted by atomic mass is 79.9. The minimum absolute atomic E-state index is 0.177. The van der Waals surface area contributed by atoms with Crippen molar-refractivity contribution >= 4 is 39.0 Å². The van der Waals surface area contributed by atoms with E-state index in [0.717, 1.165) is 10.2 Å². The van der Waals surface area contributed by atoms with E-state index >= 15 is 0 Å². The van der Waals surface area contributed by atoms with Gasteiger partial charge in [0, 0.05) is 11.8 Å². The molecule has 2 rings (SSSR count). The summed E-state index contributed by atoms with van der Waals surface area (Å²) in [5.74, 6) is 1.28. The molecule has 0 atom stereocenters. The summed E-state index contributed by atoms with van der Waals surface area (Å²) >= 11 is 9.25. The number of benzene rings is 1. The minimum Gasteiger partial charge on any atom is -0.495 e. The van der Waals surface area contributed by atoms with Crippen LogP contribution in [0.15, 0.2) is 34.8 Å². The van der Waals surface area contributed by atoms with Crippen LogP contribution in [0, 0.1) is 11.3 Å². The molecule has 0 aliphatic heterocycles. The molecule has 0 saturated carbocycles. The van der Waals surface area contributed by atoms with Crippen molar-refractivity contribution in [2.45, 2.75) is 0 Å². The van der Waals surface area contributed by atoms with E-state index in [0.29, 0.717) is 17.1 Å². The quantitative estimate of drug-likeness (QED) is 0.855. The highest BCUT2D eigenvalue weighted by Crippen LogP contribution is 2.29. The number of nitrogens with zero attached hydrogens (tertiary/aromatic N) is 2. The molecule has 0 radical (unpaired) electrons. The number of hydrogen-bond donors (Lipinski definition) is 1. The third-order valence-electron chi connectivity index (χ3n) is 2.39. The Morgan fingerprint density at radius 3 is 2.79 bits per heavy atom. The van der Waals surface area contributed by atoms with E-state index in [1.165, 1.54) is 0 Å². The van der Waals surface area contributed by atoms with E-state index in [1.54, 1.807) is 19.2 Å². The molecule has 0 amide bonds. The molecule has 0 spiro atoms. The molecule has 4 nitrogen and oxygen atoms in total. The van der Waals surface area contributed by atoms with Gasteiger partial charge in [0.1, 0.15) is 22.8 Å². The van der Waals surface area contributed by atoms with Crippen molar-refractivity contribution in [1.82, 2.24) is 4.98 Å². The average molecular weight is 339 g/mol. The lowest BCUT2D eigenvalue weighted by molar-refractivity contribution is 0.412. The van der Waals surface area contributed by atoms with Crippen LogP contribution in [0.2, 0.25) is 5.15 Å². The molecule has 19 heavy (non-hydrogen) atoms. The van der Waals surface area contributed by atoms with Crippen molar-refractivity contribution < 1.29 is 4.74 Å². The molecule has 1 N–H and O–H groups in total. The fourth-order valence-corrected chi connectivity index (χ4v) is 2.08. The summed E-state index contributed by atoms with van der Waals surface area (Å²) in [6.07, 6.45) is 0. The average Bonchev–Trinajstić information content (AvgIpc) is 2.41. The van der Waals surface area contributed by atoms with Crippen LogP contribution in [0.3, 0.4) is 0 Å². The summed E-state index contributed by atoms with van der Waals surface area (Å²) in [7, 11) is 1.60. The maximum Gasteiger partial charge on any atom is 0.149 e. The molecule has 0 unspecified atom stereocenters. The van der Waals surface area contributed by atoms with Gasteiger partial charge in [0.15, 0.2) is 0 Å². The SMILES string of the molecule is COc1cc(Nc2ccc(C#N)c(Cl)n2)ccc1Br. The highest BCUT2D eigenvalue weighted by molar-refractivity contribution is 9.10. The van der Waals surface area contributed by atoms with Crippen LogP contribution in [0.25, 0.3) is 0 Å². The smallest absolute Gasteiger partial charge is 0.149 e. The predicted molar refractivity (Wildman–Crippen MR) is 77.9 cm³/mol. The second kappa shape index (κ2) is 5.91. The van der Waals surface area contributed by atoms with Gasteiger partial charge in [0.2, 0.25) is 0 Å². The van der Waals surface area contributed by atoms with Crippen LogP contribution in [0.4, 0.5) is 11.5 Å². The maximum absolute atomic E-state index is 8.78. The highest BCUT2D eigenvalue weighted by Gasteiger charge is 2.05. The number of nitriles is 1. The fourth-order valence-electron chi connectivity index (χ4n) is 1.47. The lowest BCUT2D eigenvalue weighted by atomic mass is 10.3. The second-order valence-corrected chi connectivity index (χ2v) is 4.83. The number of hydrogen-bond acceptors (Lipinski definition) is 4. The number of pyridine rings is 1. The zero-order valence-electron chi connectivity index (χ0n) is 9.95. The first-order valence-corrected chi connectivity index (χ1v) is 6.48. The molecular formula is C13H9BrClN3O.